The average molecular weight is 147 g/mol. The van der Waals surface area contributed by atoms with Gasteiger partial charge in [-0.3, -0.25) is 0 Å². The van der Waals surface area contributed by atoms with Crippen molar-refractivity contribution in [1.29, 1.82) is 0 Å². The van der Waals surface area contributed by atoms with Gasteiger partial charge in [0.25, 0.3) is 0 Å². The Morgan fingerprint density at radius 3 is 1.60 bits per heavy atom. The SMILES string of the molecule is CCCCO.CCCC[O-]. The van der Waals surface area contributed by atoms with Crippen LogP contribution in [0, 0.1) is 0 Å². The van der Waals surface area contributed by atoms with Gasteiger partial charge in [0.2, 0.25) is 0 Å². The molecule has 0 aromatic rings. The summed E-state index contributed by atoms with van der Waals surface area (Å²) in [5, 5.41) is 17.6. The molecule has 10 heavy (non-hydrogen) atoms. The second-order valence-corrected chi connectivity index (χ2v) is 2.13. The van der Waals surface area contributed by atoms with Gasteiger partial charge in [0, 0.05) is 6.61 Å². The van der Waals surface area contributed by atoms with Crippen LogP contribution in [0.4, 0.5) is 0 Å². The van der Waals surface area contributed by atoms with Gasteiger partial charge in [-0.25, -0.2) is 0 Å². The van der Waals surface area contributed by atoms with E-state index in [0.29, 0.717) is 6.61 Å². The average Bonchev–Trinajstić information content (AvgIpc) is 1.93. The predicted octanol–water partition coefficient (Wildman–Crippen LogP) is 0.926. The van der Waals surface area contributed by atoms with Crippen LogP contribution >= 0.6 is 0 Å². The molecule has 0 aromatic heterocycles. The Morgan fingerprint density at radius 1 is 1.10 bits per heavy atom. The quantitative estimate of drug-likeness (QED) is 0.642. The molecule has 0 heterocycles. The Hall–Kier alpha value is -0.0800. The first kappa shape index (κ1) is 12.6. The van der Waals surface area contributed by atoms with Gasteiger partial charge < -0.3 is 10.2 Å². The summed E-state index contributed by atoms with van der Waals surface area (Å²) in [5.74, 6) is 0. The van der Waals surface area contributed by atoms with Crippen LogP contribution < -0.4 is 5.11 Å². The molecule has 0 aliphatic rings. The van der Waals surface area contributed by atoms with Gasteiger partial charge in [-0.15, -0.1) is 6.61 Å². The van der Waals surface area contributed by atoms with Crippen molar-refractivity contribution in [2.45, 2.75) is 39.5 Å². The predicted molar refractivity (Wildman–Crippen MR) is 41.8 cm³/mol. The van der Waals surface area contributed by atoms with E-state index in [9.17, 15) is 5.11 Å². The topological polar surface area (TPSA) is 43.3 Å². The fourth-order valence-corrected chi connectivity index (χ4v) is 0.302. The van der Waals surface area contributed by atoms with E-state index in [1.54, 1.807) is 0 Å². The molecule has 0 fully saturated rings. The van der Waals surface area contributed by atoms with E-state index in [4.69, 9.17) is 5.11 Å². The van der Waals surface area contributed by atoms with Gasteiger partial charge in [0.15, 0.2) is 0 Å². The van der Waals surface area contributed by atoms with Crippen molar-refractivity contribution in [1.82, 2.24) is 0 Å². The maximum atomic E-state index is 9.53. The molecule has 0 saturated heterocycles. The van der Waals surface area contributed by atoms with E-state index in [2.05, 4.69) is 6.92 Å². The second kappa shape index (κ2) is 16.0. The van der Waals surface area contributed by atoms with E-state index in [1.165, 1.54) is 0 Å². The van der Waals surface area contributed by atoms with Gasteiger partial charge >= 0.3 is 0 Å². The molecule has 0 aliphatic heterocycles. The smallest absolute Gasteiger partial charge is 0.0430 e. The monoisotopic (exact) mass is 147 g/mol. The summed E-state index contributed by atoms with van der Waals surface area (Å²) >= 11 is 0. The van der Waals surface area contributed by atoms with Gasteiger partial charge in [-0.1, -0.05) is 33.1 Å². The van der Waals surface area contributed by atoms with E-state index in [1.807, 2.05) is 6.92 Å². The maximum Gasteiger partial charge on any atom is 0.0430 e. The second-order valence-electron chi connectivity index (χ2n) is 2.13. The number of aliphatic hydroxyl groups excluding tert-OH is 1. The molecule has 0 bridgehead atoms. The van der Waals surface area contributed by atoms with Crippen LogP contribution in [0.5, 0.6) is 0 Å². The minimum Gasteiger partial charge on any atom is -0.854 e. The summed E-state index contributed by atoms with van der Waals surface area (Å²) in [6.45, 7) is 4.50. The lowest BCUT2D eigenvalue weighted by Crippen LogP contribution is -2.03. The van der Waals surface area contributed by atoms with Crippen molar-refractivity contribution in [3.63, 3.8) is 0 Å². The highest BCUT2D eigenvalue weighted by atomic mass is 16.3. The molecule has 0 atom stereocenters. The molecule has 2 nitrogen and oxygen atoms in total. The first-order valence-electron chi connectivity index (χ1n) is 4.02. The van der Waals surface area contributed by atoms with Crippen molar-refractivity contribution in [2.24, 2.45) is 0 Å². The molecule has 2 heteroatoms. The number of hydrogen-bond donors (Lipinski definition) is 1. The fraction of sp³-hybridized carbons (Fsp3) is 1.00. The van der Waals surface area contributed by atoms with Crippen LogP contribution in [0.1, 0.15) is 39.5 Å². The number of aliphatic hydroxyl groups is 1. The lowest BCUT2D eigenvalue weighted by atomic mass is 10.4. The molecule has 0 rings (SSSR count). The maximum absolute atomic E-state index is 9.53. The summed E-state index contributed by atoms with van der Waals surface area (Å²) in [4.78, 5) is 0. The molecule has 0 saturated carbocycles. The molecule has 64 valence electrons. The molecule has 0 aliphatic carbocycles. The Balaban J connectivity index is 0. The van der Waals surface area contributed by atoms with Crippen LogP contribution in [-0.2, 0) is 0 Å². The summed E-state index contributed by atoms with van der Waals surface area (Å²) < 4.78 is 0. The highest BCUT2D eigenvalue weighted by Gasteiger charge is 1.69. The van der Waals surface area contributed by atoms with E-state index in [-0.39, 0.29) is 6.61 Å². The lowest BCUT2D eigenvalue weighted by Gasteiger charge is -1.94. The largest absolute Gasteiger partial charge is 0.854 e. The van der Waals surface area contributed by atoms with Gasteiger partial charge in [-0.05, 0) is 6.42 Å². The first-order valence-corrected chi connectivity index (χ1v) is 4.02. The number of rotatable bonds is 4. The molecule has 1 N–H and O–H groups in total. The Morgan fingerprint density at radius 2 is 1.60 bits per heavy atom. The van der Waals surface area contributed by atoms with E-state index < -0.39 is 0 Å². The molecule has 0 spiro atoms. The number of hydrogen-bond acceptors (Lipinski definition) is 2. The summed E-state index contributed by atoms with van der Waals surface area (Å²) in [5.41, 5.74) is 0. The van der Waals surface area contributed by atoms with Crippen LogP contribution in [-0.4, -0.2) is 18.3 Å². The zero-order valence-electron chi connectivity index (χ0n) is 7.10. The Bertz CT molecular complexity index is 28.2. The zero-order chi connectivity index (χ0) is 8.24. The van der Waals surface area contributed by atoms with Crippen LogP contribution in [0.15, 0.2) is 0 Å². The van der Waals surface area contributed by atoms with Gasteiger partial charge in [0.05, 0.1) is 0 Å². The Kier molecular flexibility index (Phi) is 20.1. The molecular weight excluding hydrogens is 128 g/mol. The van der Waals surface area contributed by atoms with Crippen molar-refractivity contribution in [3.8, 4) is 0 Å². The van der Waals surface area contributed by atoms with Crippen molar-refractivity contribution in [3.05, 3.63) is 0 Å². The van der Waals surface area contributed by atoms with Crippen molar-refractivity contribution in [2.75, 3.05) is 13.2 Å². The highest BCUT2D eigenvalue weighted by Crippen LogP contribution is 1.78. The molecule has 0 unspecified atom stereocenters. The summed E-state index contributed by atoms with van der Waals surface area (Å²) in [6, 6.07) is 0. The van der Waals surface area contributed by atoms with Crippen LogP contribution in [0.25, 0.3) is 0 Å². The van der Waals surface area contributed by atoms with Gasteiger partial charge in [0.1, 0.15) is 0 Å². The molecular formula is C8H19O2-. The molecule has 0 aromatic carbocycles. The first-order chi connectivity index (χ1) is 4.83. The van der Waals surface area contributed by atoms with Crippen LogP contribution in [0.3, 0.4) is 0 Å². The third-order valence-electron chi connectivity index (χ3n) is 1.01. The summed E-state index contributed by atoms with van der Waals surface area (Å²) in [6.07, 6.45) is 3.90. The number of unbranched alkanes of at least 4 members (excludes halogenated alkanes) is 2. The van der Waals surface area contributed by atoms with E-state index in [0.717, 1.165) is 25.7 Å². The zero-order valence-corrected chi connectivity index (χ0v) is 7.10. The van der Waals surface area contributed by atoms with E-state index >= 15 is 0 Å². The highest BCUT2D eigenvalue weighted by molar-refractivity contribution is 4.23. The molecule has 0 amide bonds. The summed E-state index contributed by atoms with van der Waals surface area (Å²) in [7, 11) is 0. The van der Waals surface area contributed by atoms with Crippen molar-refractivity contribution < 1.29 is 10.2 Å². The van der Waals surface area contributed by atoms with Crippen LogP contribution in [0.2, 0.25) is 0 Å². The Labute approximate surface area is 63.9 Å². The third kappa shape index (κ3) is 24.7. The molecule has 0 radical (unpaired) electrons. The normalized spacial score (nSPS) is 8.40. The minimum atomic E-state index is 0.0938. The van der Waals surface area contributed by atoms with Gasteiger partial charge in [-0.2, -0.15) is 0 Å². The lowest BCUT2D eigenvalue weighted by molar-refractivity contribution is -0.368. The minimum absolute atomic E-state index is 0.0938. The van der Waals surface area contributed by atoms with Crippen molar-refractivity contribution >= 4 is 0 Å². The fourth-order valence-electron chi connectivity index (χ4n) is 0.302. The third-order valence-corrected chi connectivity index (χ3v) is 1.01. The standard InChI is InChI=1S/C4H10O.C4H9O/c2*1-2-3-4-5/h5H,2-4H2,1H3;2-4H2,1H3/q;-1.